The number of anilines is 4. The smallest absolute Gasteiger partial charge is 0.475 e. The third-order valence-electron chi connectivity index (χ3n) is 3.94. The molecule has 1 aromatic carbocycles. The van der Waals surface area contributed by atoms with Gasteiger partial charge in [-0.2, -0.15) is 13.2 Å². The number of carboxylic acid groups (broad SMARTS) is 1. The zero-order chi connectivity index (χ0) is 25.5. The van der Waals surface area contributed by atoms with Crippen molar-refractivity contribution in [3.8, 4) is 0 Å². The van der Waals surface area contributed by atoms with Crippen LogP contribution in [0.1, 0.15) is 25.5 Å². The fourth-order valence-electron chi connectivity index (χ4n) is 2.22. The van der Waals surface area contributed by atoms with E-state index in [-0.39, 0.29) is 4.90 Å². The van der Waals surface area contributed by atoms with Gasteiger partial charge in [0.05, 0.1) is 10.6 Å². The number of halogens is 3. The maximum Gasteiger partial charge on any atom is 0.490 e. The van der Waals surface area contributed by atoms with Gasteiger partial charge in [0, 0.05) is 17.1 Å². The van der Waals surface area contributed by atoms with E-state index in [1.807, 2.05) is 5.38 Å². The summed E-state index contributed by atoms with van der Waals surface area (Å²) in [5, 5.41) is 16.1. The molecule has 0 spiro atoms. The quantitative estimate of drug-likeness (QED) is 0.363. The topological polar surface area (TPSA) is 146 Å². The van der Waals surface area contributed by atoms with Gasteiger partial charge in [0.2, 0.25) is 10.0 Å². The molecule has 2 heterocycles. The summed E-state index contributed by atoms with van der Waals surface area (Å²) in [6.45, 7) is 4.18. The van der Waals surface area contributed by atoms with Crippen molar-refractivity contribution in [1.82, 2.24) is 19.7 Å². The number of carboxylic acids is 1. The van der Waals surface area contributed by atoms with Crippen LogP contribution in [-0.2, 0) is 14.8 Å². The number of aromatic nitrogens is 3. The van der Waals surface area contributed by atoms with Crippen LogP contribution < -0.4 is 15.4 Å². The van der Waals surface area contributed by atoms with Gasteiger partial charge in [0.25, 0.3) is 0 Å². The van der Waals surface area contributed by atoms with Crippen molar-refractivity contribution in [2.45, 2.75) is 30.8 Å². The van der Waals surface area contributed by atoms with Crippen LogP contribution in [0, 0.1) is 0 Å². The Morgan fingerprint density at radius 3 is 2.26 bits per heavy atom. The second-order valence-electron chi connectivity index (χ2n) is 6.81. The summed E-state index contributed by atoms with van der Waals surface area (Å²) in [4.78, 5) is 22.0. The van der Waals surface area contributed by atoms with E-state index >= 15 is 0 Å². The highest BCUT2D eigenvalue weighted by atomic mass is 32.2. The van der Waals surface area contributed by atoms with Crippen molar-refractivity contribution in [1.29, 1.82) is 0 Å². The predicted molar refractivity (Wildman–Crippen MR) is 121 cm³/mol. The maximum absolute atomic E-state index is 11.9. The number of carbonyl (C=O) groups is 1. The van der Waals surface area contributed by atoms with Gasteiger partial charge >= 0.3 is 12.1 Å². The monoisotopic (exact) mass is 518 g/mol. The molecule has 3 rings (SSSR count). The van der Waals surface area contributed by atoms with Crippen LogP contribution >= 0.6 is 11.3 Å². The Bertz CT molecular complexity index is 1230. The first-order valence-corrected chi connectivity index (χ1v) is 11.8. The Kier molecular flexibility index (Phi) is 8.89. The van der Waals surface area contributed by atoms with Gasteiger partial charge in [-0.15, -0.1) is 11.3 Å². The van der Waals surface area contributed by atoms with Gasteiger partial charge in [-0.3, -0.25) is 0 Å². The lowest BCUT2D eigenvalue weighted by Crippen LogP contribution is -2.21. The van der Waals surface area contributed by atoms with E-state index in [1.54, 1.807) is 18.2 Å². The number of benzene rings is 1. The summed E-state index contributed by atoms with van der Waals surface area (Å²) >= 11 is 1.51. The number of thiazole rings is 1. The van der Waals surface area contributed by atoms with E-state index in [1.165, 1.54) is 36.8 Å². The standard InChI is InChI=1S/C17H20N6O2S2.C2HF3O2/c1-11(2)14-9-26-17(22-14)23-16-8-15(19-10-20-16)21-12-5-4-6-13(7-12)27(24,25)18-3;3-2(4,5)1(6)7/h4-11,18H,1-3H3,(H2,19,20,21,22,23);(H,6,7). The summed E-state index contributed by atoms with van der Waals surface area (Å²) < 4.78 is 57.9. The molecule has 0 atom stereocenters. The molecule has 0 amide bonds. The zero-order valence-electron chi connectivity index (χ0n) is 18.1. The normalized spacial score (nSPS) is 11.5. The SMILES string of the molecule is CNS(=O)(=O)c1cccc(Nc2cc(Nc3nc(C(C)C)cs3)ncn2)c1.O=C(O)C(F)(F)F. The maximum atomic E-state index is 11.9. The average molecular weight is 519 g/mol. The van der Waals surface area contributed by atoms with Crippen LogP contribution in [0.4, 0.5) is 35.6 Å². The summed E-state index contributed by atoms with van der Waals surface area (Å²) in [5.41, 5.74) is 1.63. The zero-order valence-corrected chi connectivity index (χ0v) is 19.7. The number of hydrogen-bond acceptors (Lipinski definition) is 9. The molecule has 0 fully saturated rings. The van der Waals surface area contributed by atoms with E-state index < -0.39 is 22.2 Å². The van der Waals surface area contributed by atoms with Crippen LogP contribution in [-0.4, -0.2) is 47.7 Å². The molecule has 0 aliphatic heterocycles. The molecule has 10 nitrogen and oxygen atoms in total. The fourth-order valence-corrected chi connectivity index (χ4v) is 3.87. The summed E-state index contributed by atoms with van der Waals surface area (Å²) in [6, 6.07) is 8.22. The first-order valence-electron chi connectivity index (χ1n) is 9.47. The highest BCUT2D eigenvalue weighted by molar-refractivity contribution is 7.89. The Morgan fingerprint density at radius 1 is 1.12 bits per heavy atom. The number of aliphatic carboxylic acids is 1. The third kappa shape index (κ3) is 7.93. The Labute approximate surface area is 197 Å². The molecular weight excluding hydrogens is 497 g/mol. The minimum Gasteiger partial charge on any atom is -0.475 e. The van der Waals surface area contributed by atoms with E-state index in [9.17, 15) is 21.6 Å². The van der Waals surface area contributed by atoms with Crippen LogP contribution in [0.25, 0.3) is 0 Å². The summed E-state index contributed by atoms with van der Waals surface area (Å²) in [5.74, 6) is -1.27. The molecule has 0 saturated carbocycles. The molecule has 0 aliphatic carbocycles. The molecular formula is C19H21F3N6O4S2. The predicted octanol–water partition coefficient (Wildman–Crippen LogP) is 4.09. The highest BCUT2D eigenvalue weighted by Gasteiger charge is 2.38. The van der Waals surface area contributed by atoms with Crippen molar-refractivity contribution >= 4 is 49.8 Å². The van der Waals surface area contributed by atoms with Crippen molar-refractivity contribution in [3.05, 3.63) is 47.7 Å². The number of nitrogens with zero attached hydrogens (tertiary/aromatic N) is 3. The van der Waals surface area contributed by atoms with Gasteiger partial charge in [-0.05, 0) is 31.2 Å². The molecule has 0 aliphatic rings. The minimum atomic E-state index is -5.08. The largest absolute Gasteiger partial charge is 0.490 e. The lowest BCUT2D eigenvalue weighted by Gasteiger charge is -2.09. The number of alkyl halides is 3. The minimum absolute atomic E-state index is 0.173. The third-order valence-corrected chi connectivity index (χ3v) is 6.13. The first-order chi connectivity index (χ1) is 15.8. The second kappa shape index (κ2) is 11.2. The van der Waals surface area contributed by atoms with Gasteiger partial charge in [-0.25, -0.2) is 32.9 Å². The van der Waals surface area contributed by atoms with Gasteiger partial charge < -0.3 is 15.7 Å². The fraction of sp³-hybridized carbons (Fsp3) is 0.263. The summed E-state index contributed by atoms with van der Waals surface area (Å²) in [6.07, 6.45) is -3.66. The Morgan fingerprint density at radius 2 is 1.74 bits per heavy atom. The lowest BCUT2D eigenvalue weighted by molar-refractivity contribution is -0.192. The van der Waals surface area contributed by atoms with Crippen LogP contribution in [0.15, 0.2) is 46.9 Å². The van der Waals surface area contributed by atoms with E-state index in [2.05, 4.69) is 44.2 Å². The van der Waals surface area contributed by atoms with Crippen LogP contribution in [0.5, 0.6) is 0 Å². The molecule has 0 bridgehead atoms. The molecule has 184 valence electrons. The highest BCUT2D eigenvalue weighted by Crippen LogP contribution is 2.25. The van der Waals surface area contributed by atoms with Crippen molar-refractivity contribution in [3.63, 3.8) is 0 Å². The number of sulfonamides is 1. The number of rotatable bonds is 7. The molecule has 0 saturated heterocycles. The molecule has 4 N–H and O–H groups in total. The summed E-state index contributed by atoms with van der Waals surface area (Å²) in [7, 11) is -2.13. The molecule has 0 radical (unpaired) electrons. The average Bonchev–Trinajstić information content (AvgIpc) is 3.23. The second-order valence-corrected chi connectivity index (χ2v) is 9.55. The van der Waals surface area contributed by atoms with E-state index in [0.29, 0.717) is 23.2 Å². The molecule has 34 heavy (non-hydrogen) atoms. The Balaban J connectivity index is 0.000000509. The number of hydrogen-bond donors (Lipinski definition) is 4. The number of nitrogens with one attached hydrogen (secondary N) is 3. The lowest BCUT2D eigenvalue weighted by atomic mass is 10.2. The van der Waals surface area contributed by atoms with Gasteiger partial charge in [0.15, 0.2) is 5.13 Å². The van der Waals surface area contributed by atoms with Crippen molar-refractivity contribution in [2.24, 2.45) is 0 Å². The van der Waals surface area contributed by atoms with E-state index in [4.69, 9.17) is 9.90 Å². The Hall–Kier alpha value is -3.30. The molecule has 3 aromatic rings. The van der Waals surface area contributed by atoms with E-state index in [0.717, 1.165) is 10.8 Å². The van der Waals surface area contributed by atoms with Gasteiger partial charge in [-0.1, -0.05) is 19.9 Å². The van der Waals surface area contributed by atoms with Crippen LogP contribution in [0.3, 0.4) is 0 Å². The molecule has 2 aromatic heterocycles. The molecule has 15 heteroatoms. The van der Waals surface area contributed by atoms with Crippen LogP contribution in [0.2, 0.25) is 0 Å². The first kappa shape index (κ1) is 26.9. The van der Waals surface area contributed by atoms with Crippen molar-refractivity contribution in [2.75, 3.05) is 17.7 Å². The van der Waals surface area contributed by atoms with Gasteiger partial charge in [0.1, 0.15) is 18.0 Å². The molecule has 0 unspecified atom stereocenters. The van der Waals surface area contributed by atoms with Crippen molar-refractivity contribution < 1.29 is 31.5 Å².